The van der Waals surface area contributed by atoms with Crippen molar-refractivity contribution in [2.75, 3.05) is 14.2 Å². The monoisotopic (exact) mass is 347 g/mol. The highest BCUT2D eigenvalue weighted by Gasteiger charge is 2.16. The van der Waals surface area contributed by atoms with E-state index in [-0.39, 0.29) is 18.4 Å². The molecule has 0 saturated carbocycles. The number of rotatable bonds is 7. The van der Waals surface area contributed by atoms with Crippen LogP contribution in [0.15, 0.2) is 42.5 Å². The van der Waals surface area contributed by atoms with Crippen LogP contribution in [0.2, 0.25) is 5.02 Å². The minimum absolute atomic E-state index is 0.0651. The lowest BCUT2D eigenvalue weighted by atomic mass is 10.0. The average molecular weight is 348 g/mol. The summed E-state index contributed by atoms with van der Waals surface area (Å²) in [6.07, 6.45) is 1.02. The van der Waals surface area contributed by atoms with Gasteiger partial charge in [-0.15, -0.1) is 0 Å². The summed E-state index contributed by atoms with van der Waals surface area (Å²) in [5, 5.41) is 3.66. The van der Waals surface area contributed by atoms with Gasteiger partial charge in [0.15, 0.2) is 11.5 Å². The zero-order chi connectivity index (χ0) is 17.5. The largest absolute Gasteiger partial charge is 0.493 e. The molecule has 0 aromatic heterocycles. The molecule has 2 aromatic carbocycles. The van der Waals surface area contributed by atoms with E-state index >= 15 is 0 Å². The molecule has 0 radical (unpaired) electrons. The van der Waals surface area contributed by atoms with Gasteiger partial charge in [-0.05, 0) is 35.7 Å². The molecule has 0 aliphatic rings. The molecule has 0 fully saturated rings. The van der Waals surface area contributed by atoms with Crippen molar-refractivity contribution in [3.8, 4) is 11.5 Å². The fourth-order valence-electron chi connectivity index (χ4n) is 2.55. The number of amides is 1. The van der Waals surface area contributed by atoms with Crippen molar-refractivity contribution in [3.05, 3.63) is 58.6 Å². The number of ether oxygens (including phenoxy) is 2. The van der Waals surface area contributed by atoms with E-state index in [0.29, 0.717) is 16.5 Å². The van der Waals surface area contributed by atoms with Crippen molar-refractivity contribution in [1.82, 2.24) is 5.32 Å². The molecule has 0 saturated heterocycles. The Labute approximate surface area is 147 Å². The topological polar surface area (TPSA) is 47.6 Å². The molecule has 128 valence electrons. The number of hydrogen-bond donors (Lipinski definition) is 1. The van der Waals surface area contributed by atoms with E-state index < -0.39 is 0 Å². The number of methoxy groups -OCH3 is 2. The number of carbonyl (C=O) groups excluding carboxylic acids is 1. The molecule has 0 aliphatic heterocycles. The van der Waals surface area contributed by atoms with E-state index in [2.05, 4.69) is 5.32 Å². The molecule has 5 heteroatoms. The van der Waals surface area contributed by atoms with Gasteiger partial charge >= 0.3 is 0 Å². The molecule has 0 spiro atoms. The smallest absolute Gasteiger partial charge is 0.224 e. The molecule has 0 aliphatic carbocycles. The summed E-state index contributed by atoms with van der Waals surface area (Å²) in [5.74, 6) is 1.25. The Morgan fingerprint density at radius 2 is 1.83 bits per heavy atom. The maximum Gasteiger partial charge on any atom is 0.224 e. The van der Waals surface area contributed by atoms with Crippen LogP contribution in [-0.2, 0) is 11.2 Å². The molecule has 2 aromatic rings. The summed E-state index contributed by atoms with van der Waals surface area (Å²) in [6.45, 7) is 2.02. The SMILES string of the molecule is CC[C@@H](NC(=O)Cc1ccccc1Cl)c1ccc(OC)c(OC)c1. The third-order valence-corrected chi connectivity index (χ3v) is 4.23. The fraction of sp³-hybridized carbons (Fsp3) is 0.316. The summed E-state index contributed by atoms with van der Waals surface area (Å²) >= 11 is 6.12. The molecule has 4 nitrogen and oxygen atoms in total. The Morgan fingerprint density at radius 1 is 1.12 bits per heavy atom. The number of halogens is 1. The standard InChI is InChI=1S/C19H22ClNO3/c1-4-16(14-9-10-17(23-2)18(11-14)24-3)21-19(22)12-13-7-5-6-8-15(13)20/h5-11,16H,4,12H2,1-3H3,(H,21,22)/t16-/m1/s1. The summed E-state index contributed by atoms with van der Waals surface area (Å²) in [6, 6.07) is 12.9. The Bertz CT molecular complexity index is 703. The highest BCUT2D eigenvalue weighted by atomic mass is 35.5. The Hall–Kier alpha value is -2.20. The second-order valence-corrected chi connectivity index (χ2v) is 5.82. The molecule has 1 amide bonds. The normalized spacial score (nSPS) is 11.7. The van der Waals surface area contributed by atoms with Crippen molar-refractivity contribution in [2.45, 2.75) is 25.8 Å². The lowest BCUT2D eigenvalue weighted by Gasteiger charge is -2.19. The van der Waals surface area contributed by atoms with E-state index in [1.54, 1.807) is 20.3 Å². The van der Waals surface area contributed by atoms with E-state index in [9.17, 15) is 4.79 Å². The number of hydrogen-bond acceptors (Lipinski definition) is 3. The van der Waals surface area contributed by atoms with E-state index in [4.69, 9.17) is 21.1 Å². The van der Waals surface area contributed by atoms with Gasteiger partial charge in [-0.1, -0.05) is 42.8 Å². The van der Waals surface area contributed by atoms with Crippen LogP contribution in [0, 0.1) is 0 Å². The van der Waals surface area contributed by atoms with Gasteiger partial charge in [-0.25, -0.2) is 0 Å². The maximum atomic E-state index is 12.4. The van der Waals surface area contributed by atoms with Gasteiger partial charge in [0.1, 0.15) is 0 Å². The van der Waals surface area contributed by atoms with Gasteiger partial charge in [-0.3, -0.25) is 4.79 Å². The molecule has 0 heterocycles. The molecule has 0 unspecified atom stereocenters. The molecule has 24 heavy (non-hydrogen) atoms. The van der Waals surface area contributed by atoms with Crippen molar-refractivity contribution in [3.63, 3.8) is 0 Å². The summed E-state index contributed by atoms with van der Waals surface area (Å²) in [5.41, 5.74) is 1.79. The van der Waals surface area contributed by atoms with Gasteiger partial charge in [0.05, 0.1) is 26.7 Å². The van der Waals surface area contributed by atoms with E-state index in [0.717, 1.165) is 17.5 Å². The number of benzene rings is 2. The highest BCUT2D eigenvalue weighted by Crippen LogP contribution is 2.31. The maximum absolute atomic E-state index is 12.4. The van der Waals surface area contributed by atoms with Gasteiger partial charge in [0.25, 0.3) is 0 Å². The molecule has 1 N–H and O–H groups in total. The molecular formula is C19H22ClNO3. The van der Waals surface area contributed by atoms with Crippen LogP contribution in [-0.4, -0.2) is 20.1 Å². The van der Waals surface area contributed by atoms with Crippen molar-refractivity contribution in [1.29, 1.82) is 0 Å². The minimum Gasteiger partial charge on any atom is -0.493 e. The van der Waals surface area contributed by atoms with E-state index in [1.165, 1.54) is 0 Å². The highest BCUT2D eigenvalue weighted by molar-refractivity contribution is 6.31. The van der Waals surface area contributed by atoms with Crippen LogP contribution in [0.1, 0.15) is 30.5 Å². The first-order valence-electron chi connectivity index (χ1n) is 7.83. The zero-order valence-corrected chi connectivity index (χ0v) is 14.9. The Morgan fingerprint density at radius 3 is 2.46 bits per heavy atom. The van der Waals surface area contributed by atoms with Gasteiger partial charge in [-0.2, -0.15) is 0 Å². The minimum atomic E-state index is -0.0974. The number of carbonyl (C=O) groups is 1. The van der Waals surface area contributed by atoms with Gasteiger partial charge in [0, 0.05) is 5.02 Å². The first-order chi connectivity index (χ1) is 11.6. The van der Waals surface area contributed by atoms with Crippen LogP contribution in [0.5, 0.6) is 11.5 Å². The van der Waals surface area contributed by atoms with Gasteiger partial charge < -0.3 is 14.8 Å². The van der Waals surface area contributed by atoms with Gasteiger partial charge in [0.2, 0.25) is 5.91 Å². The lowest BCUT2D eigenvalue weighted by molar-refractivity contribution is -0.121. The second-order valence-electron chi connectivity index (χ2n) is 5.41. The quantitative estimate of drug-likeness (QED) is 0.817. The Kier molecular flexibility index (Phi) is 6.50. The third kappa shape index (κ3) is 4.42. The van der Waals surface area contributed by atoms with Crippen LogP contribution < -0.4 is 14.8 Å². The summed E-state index contributed by atoms with van der Waals surface area (Å²) < 4.78 is 10.6. The summed E-state index contributed by atoms with van der Waals surface area (Å²) in [7, 11) is 3.19. The predicted molar refractivity (Wildman–Crippen MR) is 95.9 cm³/mol. The average Bonchev–Trinajstić information content (AvgIpc) is 2.61. The first-order valence-corrected chi connectivity index (χ1v) is 8.21. The zero-order valence-electron chi connectivity index (χ0n) is 14.1. The summed E-state index contributed by atoms with van der Waals surface area (Å²) in [4.78, 5) is 12.4. The lowest BCUT2D eigenvalue weighted by Crippen LogP contribution is -2.29. The van der Waals surface area contributed by atoms with Crippen molar-refractivity contribution in [2.24, 2.45) is 0 Å². The van der Waals surface area contributed by atoms with Crippen LogP contribution >= 0.6 is 11.6 Å². The molecular weight excluding hydrogens is 326 g/mol. The molecule has 0 bridgehead atoms. The fourth-order valence-corrected chi connectivity index (χ4v) is 2.75. The van der Waals surface area contributed by atoms with Crippen molar-refractivity contribution >= 4 is 17.5 Å². The molecule has 1 atom stereocenters. The van der Waals surface area contributed by atoms with Crippen molar-refractivity contribution < 1.29 is 14.3 Å². The second kappa shape index (κ2) is 8.60. The van der Waals surface area contributed by atoms with Crippen LogP contribution in [0.25, 0.3) is 0 Å². The number of nitrogens with one attached hydrogen (secondary N) is 1. The van der Waals surface area contributed by atoms with E-state index in [1.807, 2.05) is 43.3 Å². The predicted octanol–water partition coefficient (Wildman–Crippen LogP) is 4.17. The van der Waals surface area contributed by atoms with Crippen LogP contribution in [0.4, 0.5) is 0 Å². The molecule has 2 rings (SSSR count). The van der Waals surface area contributed by atoms with Crippen LogP contribution in [0.3, 0.4) is 0 Å². The first kappa shape index (κ1) is 18.1. The Balaban J connectivity index is 2.11. The third-order valence-electron chi connectivity index (χ3n) is 3.86.